The summed E-state index contributed by atoms with van der Waals surface area (Å²) in [6.07, 6.45) is 0. The van der Waals surface area contributed by atoms with Crippen molar-refractivity contribution in [3.63, 3.8) is 0 Å². The lowest BCUT2D eigenvalue weighted by Crippen LogP contribution is -2.06. The van der Waals surface area contributed by atoms with Gasteiger partial charge in [-0.2, -0.15) is 10.5 Å². The second-order valence-corrected chi connectivity index (χ2v) is 24.4. The molecule has 0 fully saturated rings. The first-order chi connectivity index (χ1) is 48.4. The maximum absolute atomic E-state index is 10.2. The number of benzene rings is 14. The van der Waals surface area contributed by atoms with Crippen molar-refractivity contribution >= 4 is 49.3 Å². The van der Waals surface area contributed by atoms with Crippen molar-refractivity contribution in [2.24, 2.45) is 0 Å². The Morgan fingerprint density at radius 3 is 0.969 bits per heavy atom. The molecule has 3 aromatic heterocycles. The zero-order chi connectivity index (χ0) is 65.6. The van der Waals surface area contributed by atoms with E-state index < -0.39 is 0 Å². The highest BCUT2D eigenvalue weighted by Crippen LogP contribution is 2.45. The Balaban J connectivity index is 0.951. The summed E-state index contributed by atoms with van der Waals surface area (Å²) < 4.78 is 4.71. The Labute approximate surface area is 566 Å². The van der Waals surface area contributed by atoms with Crippen molar-refractivity contribution in [1.29, 1.82) is 10.5 Å². The van der Waals surface area contributed by atoms with Crippen molar-refractivity contribution in [2.75, 3.05) is 0 Å². The Kier molecular flexibility index (Phi) is 14.5. The van der Waals surface area contributed by atoms with Crippen LogP contribution in [0.1, 0.15) is 11.1 Å². The van der Waals surface area contributed by atoms with Crippen LogP contribution in [0, 0.1) is 29.2 Å². The zero-order valence-electron chi connectivity index (χ0n) is 52.8. The van der Waals surface area contributed by atoms with Gasteiger partial charge in [0.05, 0.1) is 63.3 Å². The minimum Gasteiger partial charge on any atom is -0.308 e. The lowest BCUT2D eigenvalue weighted by Gasteiger charge is -2.18. The molecule has 0 saturated heterocycles. The standard InChI is InChI=1S/C90H54N8/c1-93-74-42-34-64(35-43-74)72-37-45-77(87(55-72)98-84-48-40-69(61-20-10-4-11-21-61)52-80(84)81-53-70(41-49-85(81)98)62-22-12-5-13-23-62)90-95-88(66-32-30-65(31-33-66)75-25-15-14-24-73(75)57-92)94-89(96-90)76-44-36-71(63-28-26-58(56-91)27-29-63)54-86(76)97-82-46-38-67(59-16-6-2-7-17-59)50-78(82)79-51-68(39-47-83(79)97)60-18-8-3-9-19-60/h2-55H. The van der Waals surface area contributed by atoms with Gasteiger partial charge in [0.15, 0.2) is 23.2 Å². The Bertz CT molecular complexity index is 5580. The van der Waals surface area contributed by atoms with E-state index in [1.165, 1.54) is 0 Å². The molecular weight excluding hydrogens is 1190 g/mol. The predicted octanol–water partition coefficient (Wildman–Crippen LogP) is 23.0. The van der Waals surface area contributed by atoms with Gasteiger partial charge in [-0.15, -0.1) is 0 Å². The monoisotopic (exact) mass is 1250 g/mol. The molecule has 0 unspecified atom stereocenters. The lowest BCUT2D eigenvalue weighted by molar-refractivity contribution is 1.06. The van der Waals surface area contributed by atoms with Gasteiger partial charge in [0, 0.05) is 38.2 Å². The summed E-state index contributed by atoms with van der Waals surface area (Å²) in [6, 6.07) is 118. The average molecular weight is 1250 g/mol. The van der Waals surface area contributed by atoms with E-state index in [4.69, 9.17) is 21.5 Å². The molecule has 17 rings (SSSR count). The van der Waals surface area contributed by atoms with Crippen LogP contribution in [0.5, 0.6) is 0 Å². The molecule has 8 nitrogen and oxygen atoms in total. The summed E-state index contributed by atoms with van der Waals surface area (Å²) in [7, 11) is 0. The predicted molar refractivity (Wildman–Crippen MR) is 399 cm³/mol. The number of nitriles is 2. The minimum absolute atomic E-state index is 0.439. The third-order valence-corrected chi connectivity index (χ3v) is 18.7. The molecule has 17 aromatic rings. The number of rotatable bonds is 12. The first kappa shape index (κ1) is 58.0. The fraction of sp³-hybridized carbons (Fsp3) is 0. The van der Waals surface area contributed by atoms with Gasteiger partial charge < -0.3 is 9.13 Å². The van der Waals surface area contributed by atoms with E-state index >= 15 is 0 Å². The molecule has 0 saturated carbocycles. The Morgan fingerprint density at radius 1 is 0.265 bits per heavy atom. The van der Waals surface area contributed by atoms with Gasteiger partial charge in [0.1, 0.15) is 0 Å². The molecule has 0 aliphatic rings. The molecule has 0 bridgehead atoms. The fourth-order valence-electron chi connectivity index (χ4n) is 13.8. The second kappa shape index (κ2) is 24.6. The largest absolute Gasteiger partial charge is 0.308 e. The van der Waals surface area contributed by atoms with E-state index in [0.29, 0.717) is 34.3 Å². The molecule has 14 aromatic carbocycles. The number of fused-ring (bicyclic) bond motifs is 6. The minimum atomic E-state index is 0.439. The molecule has 3 heterocycles. The highest BCUT2D eigenvalue weighted by Gasteiger charge is 2.25. The van der Waals surface area contributed by atoms with Crippen LogP contribution in [0.15, 0.2) is 328 Å². The van der Waals surface area contributed by atoms with E-state index in [1.807, 2.05) is 121 Å². The molecule has 454 valence electrons. The van der Waals surface area contributed by atoms with E-state index in [0.717, 1.165) is 150 Å². The molecule has 0 atom stereocenters. The molecule has 0 radical (unpaired) electrons. The molecule has 0 aliphatic heterocycles. The van der Waals surface area contributed by atoms with Crippen LogP contribution in [0.2, 0.25) is 0 Å². The van der Waals surface area contributed by atoms with Crippen LogP contribution >= 0.6 is 0 Å². The van der Waals surface area contributed by atoms with Crippen molar-refractivity contribution < 1.29 is 0 Å². The van der Waals surface area contributed by atoms with E-state index in [9.17, 15) is 10.5 Å². The van der Waals surface area contributed by atoms with Crippen LogP contribution in [0.4, 0.5) is 5.69 Å². The van der Waals surface area contributed by atoms with Crippen molar-refractivity contribution in [3.8, 4) is 136 Å². The smallest absolute Gasteiger partial charge is 0.187 e. The van der Waals surface area contributed by atoms with Gasteiger partial charge in [-0.25, -0.2) is 19.8 Å². The number of hydrogen-bond acceptors (Lipinski definition) is 5. The molecule has 8 heteroatoms. The molecule has 0 spiro atoms. The van der Waals surface area contributed by atoms with Gasteiger partial charge in [-0.1, -0.05) is 237 Å². The highest BCUT2D eigenvalue weighted by molar-refractivity contribution is 6.14. The second-order valence-electron chi connectivity index (χ2n) is 24.4. The summed E-state index contributed by atoms with van der Waals surface area (Å²) in [4.78, 5) is 20.7. The van der Waals surface area contributed by atoms with Crippen LogP contribution in [-0.4, -0.2) is 24.1 Å². The fourth-order valence-corrected chi connectivity index (χ4v) is 13.8. The van der Waals surface area contributed by atoms with Gasteiger partial charge in [-0.3, -0.25) is 0 Å². The van der Waals surface area contributed by atoms with Crippen molar-refractivity contribution in [1.82, 2.24) is 24.1 Å². The summed E-state index contributed by atoms with van der Waals surface area (Å²) >= 11 is 0. The van der Waals surface area contributed by atoms with E-state index in [-0.39, 0.29) is 0 Å². The maximum atomic E-state index is 10.2. The number of nitrogens with zero attached hydrogens (tertiary/aromatic N) is 8. The van der Waals surface area contributed by atoms with Gasteiger partial charge in [0.25, 0.3) is 0 Å². The van der Waals surface area contributed by atoms with Crippen LogP contribution in [-0.2, 0) is 0 Å². The third-order valence-electron chi connectivity index (χ3n) is 18.7. The highest BCUT2D eigenvalue weighted by atomic mass is 15.1. The third kappa shape index (κ3) is 10.5. The van der Waals surface area contributed by atoms with Crippen LogP contribution in [0.25, 0.3) is 172 Å². The van der Waals surface area contributed by atoms with E-state index in [2.05, 4.69) is 232 Å². The maximum Gasteiger partial charge on any atom is 0.187 e. The number of aromatic nitrogens is 5. The summed E-state index contributed by atoms with van der Waals surface area (Å²) in [5.41, 5.74) is 24.0. The molecule has 0 aliphatic carbocycles. The van der Waals surface area contributed by atoms with Crippen LogP contribution in [0.3, 0.4) is 0 Å². The Morgan fingerprint density at radius 2 is 0.582 bits per heavy atom. The van der Waals surface area contributed by atoms with Crippen molar-refractivity contribution in [2.45, 2.75) is 0 Å². The SMILES string of the molecule is [C-]#[N+]c1ccc(-c2ccc(-c3nc(-c4ccc(-c5ccccc5C#N)cc4)nc(-c4ccc(-c5ccc(C#N)cc5)cc4-n4c5ccc(-c6ccccc6)cc5c5cc(-c6ccccc6)ccc54)n3)c(-n3c4ccc(-c5ccccc5)cc4c4cc(-c5ccccc5)ccc43)c2)cc1. The molecule has 98 heavy (non-hydrogen) atoms. The van der Waals surface area contributed by atoms with Gasteiger partial charge in [0.2, 0.25) is 0 Å². The molecule has 0 N–H and O–H groups in total. The summed E-state index contributed by atoms with van der Waals surface area (Å²) in [5, 5.41) is 24.5. The number of hydrogen-bond donors (Lipinski definition) is 0. The van der Waals surface area contributed by atoms with E-state index in [1.54, 1.807) is 0 Å². The van der Waals surface area contributed by atoms with Crippen LogP contribution < -0.4 is 0 Å². The quantitative estimate of drug-likeness (QED) is 0.113. The first-order valence-electron chi connectivity index (χ1n) is 32.4. The summed E-state index contributed by atoms with van der Waals surface area (Å²) in [5.74, 6) is 1.32. The van der Waals surface area contributed by atoms with Gasteiger partial charge in [-0.05, 0) is 169 Å². The Hall–Kier alpha value is -13.8. The van der Waals surface area contributed by atoms with Crippen molar-refractivity contribution in [3.05, 3.63) is 350 Å². The first-order valence-corrected chi connectivity index (χ1v) is 32.4. The summed E-state index contributed by atoms with van der Waals surface area (Å²) in [6.45, 7) is 7.83. The lowest BCUT2D eigenvalue weighted by atomic mass is 9.99. The zero-order valence-corrected chi connectivity index (χ0v) is 52.8. The molecular formula is C90H54N8. The average Bonchev–Trinajstić information content (AvgIpc) is 1.56. The topological polar surface area (TPSA) is 100 Å². The normalized spacial score (nSPS) is 11.2. The van der Waals surface area contributed by atoms with Gasteiger partial charge >= 0.3 is 0 Å². The molecule has 0 amide bonds.